The van der Waals surface area contributed by atoms with Crippen LogP contribution in [0.3, 0.4) is 0 Å². The monoisotopic (exact) mass is 360 g/mol. The van der Waals surface area contributed by atoms with Gasteiger partial charge in [-0.2, -0.15) is 13.2 Å². The van der Waals surface area contributed by atoms with Crippen molar-refractivity contribution in [3.05, 3.63) is 65.2 Å². The fourth-order valence-electron chi connectivity index (χ4n) is 3.23. The number of nitrogens with one attached hydrogen (secondary N) is 1. The second kappa shape index (κ2) is 6.09. The highest BCUT2D eigenvalue weighted by Gasteiger charge is 2.41. The van der Waals surface area contributed by atoms with Crippen molar-refractivity contribution in [3.63, 3.8) is 0 Å². The van der Waals surface area contributed by atoms with E-state index in [1.165, 1.54) is 6.07 Å². The Bertz CT molecular complexity index is 892. The van der Waals surface area contributed by atoms with Gasteiger partial charge in [-0.3, -0.25) is 4.79 Å². The minimum atomic E-state index is -4.50. The van der Waals surface area contributed by atoms with Crippen molar-refractivity contribution in [1.82, 2.24) is 4.90 Å². The molecule has 2 aliphatic rings. The van der Waals surface area contributed by atoms with Crippen LogP contribution in [0.5, 0.6) is 5.75 Å². The second-order valence-electron chi connectivity index (χ2n) is 6.19. The molecule has 1 amide bonds. The van der Waals surface area contributed by atoms with Crippen LogP contribution in [-0.4, -0.2) is 36.3 Å². The summed E-state index contributed by atoms with van der Waals surface area (Å²) in [5.74, 6) is 0.0163. The number of ether oxygens (including phenoxy) is 1. The highest BCUT2D eigenvalue weighted by molar-refractivity contribution is 6.02. The van der Waals surface area contributed by atoms with E-state index in [1.54, 1.807) is 30.3 Å². The fraction of sp³-hybridized carbons (Fsp3) is 0.211. The molecule has 1 unspecified atom stereocenters. The van der Waals surface area contributed by atoms with E-state index in [1.807, 2.05) is 18.2 Å². The molecule has 0 fully saturated rings. The van der Waals surface area contributed by atoms with Crippen molar-refractivity contribution in [2.75, 3.05) is 18.5 Å². The third-order valence-corrected chi connectivity index (χ3v) is 4.38. The molecule has 0 radical (unpaired) electrons. The Balaban J connectivity index is 1.75. The number of carbonyl (C=O) groups is 1. The molecule has 1 atom stereocenters. The van der Waals surface area contributed by atoms with Gasteiger partial charge in [-0.15, -0.1) is 0 Å². The summed E-state index contributed by atoms with van der Waals surface area (Å²) in [4.78, 5) is 13.5. The standard InChI is InChI=1S/C19H15F3N2O2/c20-19(21,22)11-24-17(23-15-7-3-2-6-14(15)18(24)25)13-9-12-5-1-4-8-16(12)26-10-13/h1-9,17,23H,10-11H2. The SMILES string of the molecule is O=C1c2ccccc2NC(C2=Cc3ccccc3OC2)N1CC(F)(F)F. The van der Waals surface area contributed by atoms with Crippen molar-refractivity contribution < 1.29 is 22.7 Å². The molecule has 0 saturated heterocycles. The van der Waals surface area contributed by atoms with Gasteiger partial charge in [-0.05, 0) is 24.3 Å². The molecule has 26 heavy (non-hydrogen) atoms. The Morgan fingerprint density at radius 1 is 1.12 bits per heavy atom. The van der Waals surface area contributed by atoms with Crippen molar-refractivity contribution in [2.45, 2.75) is 12.3 Å². The lowest BCUT2D eigenvalue weighted by molar-refractivity contribution is -0.143. The van der Waals surface area contributed by atoms with Crippen LogP contribution in [0.2, 0.25) is 0 Å². The molecular weight excluding hydrogens is 345 g/mol. The predicted molar refractivity (Wildman–Crippen MR) is 90.9 cm³/mol. The zero-order valence-corrected chi connectivity index (χ0v) is 13.6. The number of rotatable bonds is 2. The van der Waals surface area contributed by atoms with Crippen LogP contribution in [0.4, 0.5) is 18.9 Å². The van der Waals surface area contributed by atoms with E-state index in [0.29, 0.717) is 17.0 Å². The molecular formula is C19H15F3N2O2. The van der Waals surface area contributed by atoms with Crippen LogP contribution in [0.15, 0.2) is 54.1 Å². The molecule has 2 aliphatic heterocycles. The van der Waals surface area contributed by atoms with Gasteiger partial charge in [0.05, 0.1) is 5.56 Å². The smallest absolute Gasteiger partial charge is 0.406 e. The van der Waals surface area contributed by atoms with E-state index in [4.69, 9.17) is 4.74 Å². The van der Waals surface area contributed by atoms with Gasteiger partial charge in [0, 0.05) is 16.8 Å². The topological polar surface area (TPSA) is 41.6 Å². The van der Waals surface area contributed by atoms with Crippen LogP contribution in [0.1, 0.15) is 15.9 Å². The summed E-state index contributed by atoms with van der Waals surface area (Å²) in [5.41, 5.74) is 2.08. The summed E-state index contributed by atoms with van der Waals surface area (Å²) in [6.07, 6.45) is -3.65. The van der Waals surface area contributed by atoms with Crippen molar-refractivity contribution >= 4 is 17.7 Å². The number of halogens is 3. The molecule has 0 spiro atoms. The first kappa shape index (κ1) is 16.5. The van der Waals surface area contributed by atoms with Crippen molar-refractivity contribution in [1.29, 1.82) is 0 Å². The summed E-state index contributed by atoms with van der Waals surface area (Å²) in [7, 11) is 0. The van der Waals surface area contributed by atoms with E-state index in [9.17, 15) is 18.0 Å². The summed E-state index contributed by atoms with van der Waals surface area (Å²) in [6, 6.07) is 13.8. The molecule has 0 aliphatic carbocycles. The molecule has 134 valence electrons. The summed E-state index contributed by atoms with van der Waals surface area (Å²) in [6.45, 7) is -1.23. The number of alkyl halides is 3. The normalized spacial score (nSPS) is 19.0. The number of amides is 1. The zero-order valence-electron chi connectivity index (χ0n) is 13.6. The Labute approximate surface area is 147 Å². The lowest BCUT2D eigenvalue weighted by Gasteiger charge is -2.40. The summed E-state index contributed by atoms with van der Waals surface area (Å²) in [5, 5.41) is 3.06. The van der Waals surface area contributed by atoms with E-state index >= 15 is 0 Å². The van der Waals surface area contributed by atoms with E-state index < -0.39 is 24.8 Å². The van der Waals surface area contributed by atoms with E-state index in [2.05, 4.69) is 5.32 Å². The van der Waals surface area contributed by atoms with Crippen molar-refractivity contribution in [3.8, 4) is 5.75 Å². The highest BCUT2D eigenvalue weighted by Crippen LogP contribution is 2.34. The number of fused-ring (bicyclic) bond motifs is 2. The van der Waals surface area contributed by atoms with Crippen molar-refractivity contribution in [2.24, 2.45) is 0 Å². The molecule has 2 aromatic rings. The average Bonchev–Trinajstić information content (AvgIpc) is 2.62. The molecule has 2 heterocycles. The Morgan fingerprint density at radius 2 is 1.85 bits per heavy atom. The number of anilines is 1. The average molecular weight is 360 g/mol. The number of nitrogens with zero attached hydrogens (tertiary/aromatic N) is 1. The van der Waals surface area contributed by atoms with Crippen LogP contribution in [0.25, 0.3) is 6.08 Å². The fourth-order valence-corrected chi connectivity index (χ4v) is 3.23. The van der Waals surface area contributed by atoms with E-state index in [-0.39, 0.29) is 12.2 Å². The molecule has 7 heteroatoms. The predicted octanol–water partition coefficient (Wildman–Crippen LogP) is 3.92. The number of para-hydroxylation sites is 2. The van der Waals surface area contributed by atoms with Gasteiger partial charge >= 0.3 is 6.18 Å². The summed E-state index contributed by atoms with van der Waals surface area (Å²) >= 11 is 0. The van der Waals surface area contributed by atoms with Gasteiger partial charge in [-0.1, -0.05) is 30.3 Å². The molecule has 4 rings (SSSR count). The zero-order chi connectivity index (χ0) is 18.3. The summed E-state index contributed by atoms with van der Waals surface area (Å²) < 4.78 is 45.0. The van der Waals surface area contributed by atoms with Crippen LogP contribution < -0.4 is 10.1 Å². The van der Waals surface area contributed by atoms with Gasteiger partial charge in [-0.25, -0.2) is 0 Å². The van der Waals surface area contributed by atoms with E-state index in [0.717, 1.165) is 10.5 Å². The van der Waals surface area contributed by atoms with Crippen LogP contribution in [0, 0.1) is 0 Å². The molecule has 2 aromatic carbocycles. The number of hydrogen-bond acceptors (Lipinski definition) is 3. The third-order valence-electron chi connectivity index (χ3n) is 4.38. The lowest BCUT2D eigenvalue weighted by atomic mass is 10.0. The first-order valence-electron chi connectivity index (χ1n) is 8.08. The lowest BCUT2D eigenvalue weighted by Crippen LogP contribution is -2.53. The first-order chi connectivity index (χ1) is 12.4. The maximum absolute atomic E-state index is 13.1. The highest BCUT2D eigenvalue weighted by atomic mass is 19.4. The number of benzene rings is 2. The minimum absolute atomic E-state index is 0.110. The van der Waals surface area contributed by atoms with Gasteiger partial charge in [0.25, 0.3) is 5.91 Å². The number of hydrogen-bond donors (Lipinski definition) is 1. The maximum Gasteiger partial charge on any atom is 0.406 e. The van der Waals surface area contributed by atoms with Gasteiger partial charge in [0.2, 0.25) is 0 Å². The largest absolute Gasteiger partial charge is 0.488 e. The minimum Gasteiger partial charge on any atom is -0.488 e. The molecule has 4 nitrogen and oxygen atoms in total. The molecule has 0 saturated carbocycles. The molecule has 0 bridgehead atoms. The quantitative estimate of drug-likeness (QED) is 0.883. The van der Waals surface area contributed by atoms with Gasteiger partial charge in [0.15, 0.2) is 0 Å². The molecule has 0 aromatic heterocycles. The third kappa shape index (κ3) is 3.00. The Kier molecular flexibility index (Phi) is 3.86. The Morgan fingerprint density at radius 3 is 2.65 bits per heavy atom. The van der Waals surface area contributed by atoms with Crippen LogP contribution >= 0.6 is 0 Å². The maximum atomic E-state index is 13.1. The van der Waals surface area contributed by atoms with Gasteiger partial charge in [0.1, 0.15) is 25.1 Å². The Hall–Kier alpha value is -2.96. The van der Waals surface area contributed by atoms with Gasteiger partial charge < -0.3 is 15.0 Å². The molecule has 1 N–H and O–H groups in total. The van der Waals surface area contributed by atoms with Crippen LogP contribution in [-0.2, 0) is 0 Å². The second-order valence-corrected chi connectivity index (χ2v) is 6.19. The number of carbonyl (C=O) groups excluding carboxylic acids is 1. The first-order valence-corrected chi connectivity index (χ1v) is 8.08.